The number of nitrogens with one attached hydrogen (secondary N) is 1. The molecule has 5 nitrogen and oxygen atoms in total. The van der Waals surface area contributed by atoms with Crippen LogP contribution in [-0.4, -0.2) is 40.8 Å². The second-order valence-corrected chi connectivity index (χ2v) is 9.52. The van der Waals surface area contributed by atoms with Crippen molar-refractivity contribution in [1.82, 2.24) is 15.2 Å². The Morgan fingerprint density at radius 3 is 2.75 bits per heavy atom. The van der Waals surface area contributed by atoms with Crippen molar-refractivity contribution in [2.75, 3.05) is 13.1 Å². The topological polar surface area (TPSA) is 62.3 Å². The molecule has 2 amide bonds. The van der Waals surface area contributed by atoms with Crippen LogP contribution >= 0.6 is 0 Å². The molecule has 1 saturated heterocycles. The summed E-state index contributed by atoms with van der Waals surface area (Å²) in [7, 11) is 0. The van der Waals surface area contributed by atoms with Gasteiger partial charge in [0.05, 0.1) is 5.41 Å². The number of carbonyl (C=O) groups excluding carboxylic acids is 2. The smallest absolute Gasteiger partial charge is 0.228 e. The highest BCUT2D eigenvalue weighted by molar-refractivity contribution is 5.86. The summed E-state index contributed by atoms with van der Waals surface area (Å²) in [6.07, 6.45) is 11.9. The lowest BCUT2D eigenvalue weighted by atomic mass is 9.79. The Kier molecular flexibility index (Phi) is 6.73. The molecule has 0 spiro atoms. The molecule has 0 bridgehead atoms. The van der Waals surface area contributed by atoms with E-state index in [4.69, 9.17) is 0 Å². The highest BCUT2D eigenvalue weighted by Gasteiger charge is 2.46. The number of benzene rings is 1. The lowest BCUT2D eigenvalue weighted by molar-refractivity contribution is -0.136. The quantitative estimate of drug-likeness (QED) is 0.690. The van der Waals surface area contributed by atoms with E-state index in [1.165, 1.54) is 0 Å². The van der Waals surface area contributed by atoms with Gasteiger partial charge in [-0.3, -0.25) is 14.6 Å². The third-order valence-electron chi connectivity index (χ3n) is 6.65. The Labute approximate surface area is 190 Å². The molecule has 4 rings (SSSR count). The highest BCUT2D eigenvalue weighted by atomic mass is 16.2. The number of likely N-dealkylation sites (tertiary alicyclic amines) is 1. The van der Waals surface area contributed by atoms with Gasteiger partial charge in [-0.1, -0.05) is 42.5 Å². The molecule has 2 heterocycles. The monoisotopic (exact) mass is 431 g/mol. The van der Waals surface area contributed by atoms with Crippen LogP contribution in [0.2, 0.25) is 0 Å². The number of aromatic nitrogens is 1. The molecule has 1 fully saturated rings. The minimum atomic E-state index is -0.599. The normalized spacial score (nSPS) is 22.8. The van der Waals surface area contributed by atoms with Gasteiger partial charge in [-0.15, -0.1) is 0 Å². The molecule has 2 aromatic rings. The average molecular weight is 432 g/mol. The molecule has 32 heavy (non-hydrogen) atoms. The third-order valence-corrected chi connectivity index (χ3v) is 6.65. The van der Waals surface area contributed by atoms with E-state index in [2.05, 4.69) is 40.7 Å². The molecular formula is C27H33N3O2. The van der Waals surface area contributed by atoms with Gasteiger partial charge in [0.1, 0.15) is 0 Å². The van der Waals surface area contributed by atoms with Gasteiger partial charge < -0.3 is 10.2 Å². The van der Waals surface area contributed by atoms with Crippen molar-refractivity contribution < 1.29 is 9.59 Å². The Balaban J connectivity index is 1.57. The summed E-state index contributed by atoms with van der Waals surface area (Å²) in [5.41, 5.74) is 2.66. The summed E-state index contributed by atoms with van der Waals surface area (Å²) in [6, 6.07) is 12.4. The SMILES string of the molecule is CC(C)NC(=O)C1(Cc2cccc(-c3cccnc3)c2)CCN(C(=O)C2CC=CCC2)C1. The Morgan fingerprint density at radius 2 is 2.03 bits per heavy atom. The van der Waals surface area contributed by atoms with E-state index in [1.54, 1.807) is 6.20 Å². The second-order valence-electron chi connectivity index (χ2n) is 9.52. The Hall–Kier alpha value is -2.95. The van der Waals surface area contributed by atoms with E-state index >= 15 is 0 Å². The first-order valence-electron chi connectivity index (χ1n) is 11.7. The fourth-order valence-corrected chi connectivity index (χ4v) is 4.95. The number of hydrogen-bond donors (Lipinski definition) is 1. The van der Waals surface area contributed by atoms with Gasteiger partial charge in [0.25, 0.3) is 0 Å². The largest absolute Gasteiger partial charge is 0.353 e. The van der Waals surface area contributed by atoms with Crippen molar-refractivity contribution in [3.05, 3.63) is 66.5 Å². The van der Waals surface area contributed by atoms with E-state index < -0.39 is 5.41 Å². The first-order valence-corrected chi connectivity index (χ1v) is 11.7. The van der Waals surface area contributed by atoms with Crippen molar-refractivity contribution >= 4 is 11.8 Å². The van der Waals surface area contributed by atoms with E-state index in [1.807, 2.05) is 43.1 Å². The minimum absolute atomic E-state index is 0.0536. The van der Waals surface area contributed by atoms with Gasteiger partial charge in [-0.2, -0.15) is 0 Å². The molecule has 1 aromatic heterocycles. The van der Waals surface area contributed by atoms with Crippen LogP contribution in [0, 0.1) is 11.3 Å². The first kappa shape index (κ1) is 22.3. The van der Waals surface area contributed by atoms with Gasteiger partial charge >= 0.3 is 0 Å². The minimum Gasteiger partial charge on any atom is -0.353 e. The van der Waals surface area contributed by atoms with Crippen molar-refractivity contribution in [2.45, 2.75) is 52.0 Å². The van der Waals surface area contributed by atoms with Gasteiger partial charge in [0, 0.05) is 37.4 Å². The summed E-state index contributed by atoms with van der Waals surface area (Å²) in [5.74, 6) is 0.314. The fraction of sp³-hybridized carbons (Fsp3) is 0.444. The van der Waals surface area contributed by atoms with E-state index in [9.17, 15) is 9.59 Å². The number of amides is 2. The molecule has 1 aliphatic heterocycles. The third kappa shape index (κ3) is 4.93. The fourth-order valence-electron chi connectivity index (χ4n) is 4.95. The number of rotatable bonds is 6. The molecule has 0 saturated carbocycles. The maximum atomic E-state index is 13.4. The molecule has 2 aliphatic rings. The second kappa shape index (κ2) is 9.68. The maximum Gasteiger partial charge on any atom is 0.228 e. The molecule has 5 heteroatoms. The Morgan fingerprint density at radius 1 is 1.19 bits per heavy atom. The van der Waals surface area contributed by atoms with Crippen LogP contribution in [0.1, 0.15) is 45.1 Å². The van der Waals surface area contributed by atoms with Crippen LogP contribution in [0.4, 0.5) is 0 Å². The number of hydrogen-bond acceptors (Lipinski definition) is 3. The van der Waals surface area contributed by atoms with Crippen molar-refractivity contribution in [1.29, 1.82) is 0 Å². The first-order chi connectivity index (χ1) is 15.5. The molecule has 1 N–H and O–H groups in total. The van der Waals surface area contributed by atoms with Crippen molar-refractivity contribution in [3.8, 4) is 11.1 Å². The van der Waals surface area contributed by atoms with E-state index in [0.717, 1.165) is 36.0 Å². The Bertz CT molecular complexity index is 985. The molecule has 2 unspecified atom stereocenters. The molecule has 1 aromatic carbocycles. The standard InChI is InChI=1S/C27H33N3O2/c1-20(2)29-26(32)27(13-15-30(19-27)25(31)22-9-4-3-5-10-22)17-21-8-6-11-23(16-21)24-12-7-14-28-18-24/h3-4,6-8,11-12,14,16,18,20,22H,5,9-10,13,15,17,19H2,1-2H3,(H,29,32). The molecule has 1 aliphatic carbocycles. The number of carbonyl (C=O) groups is 2. The van der Waals surface area contributed by atoms with Crippen LogP contribution in [-0.2, 0) is 16.0 Å². The summed E-state index contributed by atoms with van der Waals surface area (Å²) >= 11 is 0. The van der Waals surface area contributed by atoms with Gasteiger partial charge in [-0.05, 0) is 68.7 Å². The van der Waals surface area contributed by atoms with Crippen LogP contribution in [0.25, 0.3) is 11.1 Å². The van der Waals surface area contributed by atoms with Crippen LogP contribution in [0.15, 0.2) is 60.9 Å². The van der Waals surface area contributed by atoms with E-state index in [-0.39, 0.29) is 23.8 Å². The number of pyridine rings is 1. The van der Waals surface area contributed by atoms with Gasteiger partial charge in [0.2, 0.25) is 11.8 Å². The summed E-state index contributed by atoms with van der Waals surface area (Å²) in [5, 5.41) is 3.13. The summed E-state index contributed by atoms with van der Waals surface area (Å²) in [4.78, 5) is 32.8. The highest BCUT2D eigenvalue weighted by Crippen LogP contribution is 2.37. The zero-order chi connectivity index (χ0) is 22.6. The average Bonchev–Trinajstić information content (AvgIpc) is 3.25. The zero-order valence-corrected chi connectivity index (χ0v) is 19.1. The predicted octanol–water partition coefficient (Wildman–Crippen LogP) is 4.39. The zero-order valence-electron chi connectivity index (χ0n) is 19.1. The van der Waals surface area contributed by atoms with Crippen LogP contribution < -0.4 is 5.32 Å². The van der Waals surface area contributed by atoms with Gasteiger partial charge in [0.15, 0.2) is 0 Å². The maximum absolute atomic E-state index is 13.4. The lowest BCUT2D eigenvalue weighted by Gasteiger charge is -2.30. The van der Waals surface area contributed by atoms with Crippen LogP contribution in [0.5, 0.6) is 0 Å². The number of allylic oxidation sites excluding steroid dienone is 2. The number of nitrogens with zero attached hydrogens (tertiary/aromatic N) is 2. The van der Waals surface area contributed by atoms with Crippen LogP contribution in [0.3, 0.4) is 0 Å². The van der Waals surface area contributed by atoms with Crippen molar-refractivity contribution in [2.24, 2.45) is 11.3 Å². The molecule has 168 valence electrons. The summed E-state index contributed by atoms with van der Waals surface area (Å²) in [6.45, 7) is 5.11. The van der Waals surface area contributed by atoms with Gasteiger partial charge in [-0.25, -0.2) is 0 Å². The van der Waals surface area contributed by atoms with E-state index in [0.29, 0.717) is 25.9 Å². The molecule has 2 atom stereocenters. The predicted molar refractivity (Wildman–Crippen MR) is 127 cm³/mol. The lowest BCUT2D eigenvalue weighted by Crippen LogP contribution is -2.47. The van der Waals surface area contributed by atoms with Crippen molar-refractivity contribution in [3.63, 3.8) is 0 Å². The molecular weight excluding hydrogens is 398 g/mol. The molecule has 0 radical (unpaired) electrons. The summed E-state index contributed by atoms with van der Waals surface area (Å²) < 4.78 is 0.